The minimum Gasteiger partial charge on any atom is -0.464 e. The zero-order valence-electron chi connectivity index (χ0n) is 6.40. The summed E-state index contributed by atoms with van der Waals surface area (Å²) in [4.78, 5) is 15.8. The van der Waals surface area contributed by atoms with Gasteiger partial charge in [0, 0.05) is 6.20 Å². The van der Waals surface area contributed by atoms with Gasteiger partial charge in [-0.15, -0.1) is 0 Å². The van der Waals surface area contributed by atoms with Gasteiger partial charge in [-0.05, 0) is 12.1 Å². The Hall–Kier alpha value is -1.45. The van der Waals surface area contributed by atoms with E-state index in [2.05, 4.69) is 4.74 Å². The van der Waals surface area contributed by atoms with Gasteiger partial charge in [0.1, 0.15) is 7.11 Å². The van der Waals surface area contributed by atoms with Gasteiger partial charge in [-0.1, -0.05) is 0 Å². The summed E-state index contributed by atoms with van der Waals surface area (Å²) in [6.45, 7) is 0. The third-order valence-corrected chi connectivity index (χ3v) is 1.30. The molecule has 0 atom stereocenters. The lowest BCUT2D eigenvalue weighted by Gasteiger charge is -2.03. The van der Waals surface area contributed by atoms with Crippen LogP contribution in [0.25, 0.3) is 0 Å². The van der Waals surface area contributed by atoms with Crippen LogP contribution in [0.5, 0.6) is 0 Å². The van der Waals surface area contributed by atoms with Gasteiger partial charge in [0.15, 0.2) is 5.69 Å². The van der Waals surface area contributed by atoms with Crippen LogP contribution in [0.4, 0.5) is 0 Å². The average molecular weight is 155 g/mol. The number of hydrogen-bond donors (Lipinski definition) is 0. The van der Waals surface area contributed by atoms with Gasteiger partial charge in [-0.2, -0.15) is 4.73 Å². The second-order valence-electron chi connectivity index (χ2n) is 1.89. The van der Waals surface area contributed by atoms with E-state index in [1.165, 1.54) is 19.0 Å². The number of esters is 1. The summed E-state index contributed by atoms with van der Waals surface area (Å²) in [5, 5.41) is 0. The molecule has 0 radical (unpaired) electrons. The third kappa shape index (κ3) is 1.34. The van der Waals surface area contributed by atoms with Gasteiger partial charge in [0.2, 0.25) is 0 Å². The van der Waals surface area contributed by atoms with E-state index in [4.69, 9.17) is 4.84 Å². The van der Waals surface area contributed by atoms with E-state index in [-0.39, 0.29) is 0 Å². The summed E-state index contributed by atoms with van der Waals surface area (Å²) in [6.07, 6.45) is 1.63. The van der Waals surface area contributed by atoms with Crippen LogP contribution in [0.3, 0.4) is 0 Å². The van der Waals surface area contributed by atoms with Crippen molar-refractivity contribution in [2.24, 2.45) is 0 Å². The maximum Gasteiger partial charge on any atom is 0.358 e. The van der Waals surface area contributed by atoms with Crippen LogP contribution in [0.15, 0.2) is 18.3 Å². The van der Waals surface area contributed by atoms with Crippen molar-refractivity contribution in [2.75, 3.05) is 14.2 Å². The van der Waals surface area contributed by atoms with Crippen molar-refractivity contribution in [3.63, 3.8) is 0 Å². The molecular weight excluding hydrogens is 146 g/mol. The highest BCUT2D eigenvalue weighted by Gasteiger charge is 2.09. The first kappa shape index (κ1) is 7.65. The van der Waals surface area contributed by atoms with Gasteiger partial charge < -0.3 is 9.57 Å². The number of nitrogens with zero attached hydrogens (tertiary/aromatic N) is 1. The number of carbonyl (C=O) groups is 1. The summed E-state index contributed by atoms with van der Waals surface area (Å²) in [6, 6.07) is 3.32. The van der Waals surface area contributed by atoms with Crippen molar-refractivity contribution < 1.29 is 14.4 Å². The van der Waals surface area contributed by atoms with Crippen LogP contribution >= 0.6 is 0 Å². The summed E-state index contributed by atoms with van der Waals surface area (Å²) < 4.78 is 5.84. The Kier molecular flexibility index (Phi) is 2.15. The molecule has 1 aromatic rings. The van der Waals surface area contributed by atoms with Gasteiger partial charge in [0.05, 0.1) is 7.11 Å². The van der Waals surface area contributed by atoms with Gasteiger partial charge in [-0.3, -0.25) is 0 Å². The molecular formula is C7H9NO3. The first-order chi connectivity index (χ1) is 5.29. The number of ether oxygens (including phenoxy) is 1. The molecule has 1 rings (SSSR count). The topological polar surface area (TPSA) is 40.5 Å². The maximum absolute atomic E-state index is 10.9. The number of hydrogen-bond acceptors (Lipinski definition) is 3. The highest BCUT2D eigenvalue weighted by atomic mass is 16.6. The summed E-state index contributed by atoms with van der Waals surface area (Å²) >= 11 is 0. The Bertz CT molecular complexity index is 254. The highest BCUT2D eigenvalue weighted by molar-refractivity contribution is 5.87. The molecule has 0 aliphatic carbocycles. The Morgan fingerprint density at radius 1 is 1.55 bits per heavy atom. The molecule has 0 aliphatic heterocycles. The number of carbonyl (C=O) groups excluding carboxylic acids is 1. The fourth-order valence-corrected chi connectivity index (χ4v) is 0.788. The van der Waals surface area contributed by atoms with Crippen LogP contribution < -0.4 is 4.84 Å². The molecule has 0 N–H and O–H groups in total. The van der Waals surface area contributed by atoms with Crippen molar-refractivity contribution in [1.82, 2.24) is 4.73 Å². The number of aromatic nitrogens is 1. The molecule has 0 unspecified atom stereocenters. The van der Waals surface area contributed by atoms with Crippen molar-refractivity contribution in [3.05, 3.63) is 24.0 Å². The lowest BCUT2D eigenvalue weighted by Crippen LogP contribution is -2.13. The molecule has 4 heteroatoms. The smallest absolute Gasteiger partial charge is 0.358 e. The van der Waals surface area contributed by atoms with Gasteiger partial charge in [0.25, 0.3) is 0 Å². The minimum atomic E-state index is -0.406. The average Bonchev–Trinajstić information content (AvgIpc) is 2.50. The number of rotatable bonds is 2. The van der Waals surface area contributed by atoms with E-state index in [0.29, 0.717) is 5.69 Å². The quantitative estimate of drug-likeness (QED) is 0.578. The lowest BCUT2D eigenvalue weighted by molar-refractivity contribution is 0.0545. The molecule has 1 aromatic heterocycles. The Morgan fingerprint density at radius 2 is 2.27 bits per heavy atom. The van der Waals surface area contributed by atoms with Crippen LogP contribution in [0, 0.1) is 0 Å². The summed E-state index contributed by atoms with van der Waals surface area (Å²) in [5.41, 5.74) is 0.384. The molecule has 0 aliphatic rings. The normalized spacial score (nSPS) is 9.27. The largest absolute Gasteiger partial charge is 0.464 e. The molecule has 0 aromatic carbocycles. The standard InChI is InChI=1S/C7H9NO3/c1-10-7(9)6-4-3-5-8(6)11-2/h3-5H,1-2H3. The molecule has 11 heavy (non-hydrogen) atoms. The Balaban J connectivity index is 2.92. The van der Waals surface area contributed by atoms with E-state index in [9.17, 15) is 4.79 Å². The molecule has 0 saturated heterocycles. The van der Waals surface area contributed by atoms with Crippen molar-refractivity contribution in [1.29, 1.82) is 0 Å². The van der Waals surface area contributed by atoms with Gasteiger partial charge >= 0.3 is 5.97 Å². The fourth-order valence-electron chi connectivity index (χ4n) is 0.788. The van der Waals surface area contributed by atoms with Crippen LogP contribution in [-0.2, 0) is 4.74 Å². The molecule has 0 fully saturated rings. The molecule has 0 saturated carbocycles. The molecule has 4 nitrogen and oxygen atoms in total. The molecule has 0 bridgehead atoms. The van der Waals surface area contributed by atoms with Gasteiger partial charge in [-0.25, -0.2) is 4.79 Å². The zero-order valence-corrected chi connectivity index (χ0v) is 6.40. The first-order valence-corrected chi connectivity index (χ1v) is 3.09. The molecule has 1 heterocycles. The SMILES string of the molecule is COC(=O)c1cccn1OC. The summed E-state index contributed by atoms with van der Waals surface area (Å²) in [7, 11) is 2.81. The zero-order chi connectivity index (χ0) is 8.27. The third-order valence-electron chi connectivity index (χ3n) is 1.30. The minimum absolute atomic E-state index is 0.384. The first-order valence-electron chi connectivity index (χ1n) is 3.09. The van der Waals surface area contributed by atoms with E-state index < -0.39 is 5.97 Å². The van der Waals surface area contributed by atoms with Crippen LogP contribution in [0.2, 0.25) is 0 Å². The summed E-state index contributed by atoms with van der Waals surface area (Å²) in [5.74, 6) is -0.406. The maximum atomic E-state index is 10.9. The van der Waals surface area contributed by atoms with Crippen molar-refractivity contribution in [2.45, 2.75) is 0 Å². The Morgan fingerprint density at radius 3 is 2.82 bits per heavy atom. The second kappa shape index (κ2) is 3.09. The lowest BCUT2D eigenvalue weighted by atomic mass is 10.4. The molecule has 0 amide bonds. The number of methoxy groups -OCH3 is 1. The van der Waals surface area contributed by atoms with Crippen molar-refractivity contribution in [3.8, 4) is 0 Å². The van der Waals surface area contributed by atoms with E-state index in [0.717, 1.165) is 0 Å². The second-order valence-corrected chi connectivity index (χ2v) is 1.89. The predicted molar refractivity (Wildman–Crippen MR) is 38.3 cm³/mol. The van der Waals surface area contributed by atoms with Crippen LogP contribution in [0.1, 0.15) is 10.5 Å². The molecule has 0 spiro atoms. The predicted octanol–water partition coefficient (Wildman–Crippen LogP) is 0.333. The highest BCUT2D eigenvalue weighted by Crippen LogP contribution is 2.00. The molecule has 60 valence electrons. The van der Waals surface area contributed by atoms with E-state index >= 15 is 0 Å². The van der Waals surface area contributed by atoms with E-state index in [1.54, 1.807) is 18.3 Å². The monoisotopic (exact) mass is 155 g/mol. The van der Waals surface area contributed by atoms with Crippen molar-refractivity contribution >= 4 is 5.97 Å². The van der Waals surface area contributed by atoms with E-state index in [1.807, 2.05) is 0 Å². The Labute approximate surface area is 64.3 Å². The fraction of sp³-hybridized carbons (Fsp3) is 0.286. The van der Waals surface area contributed by atoms with Crippen LogP contribution in [-0.4, -0.2) is 24.9 Å².